The second-order valence-corrected chi connectivity index (χ2v) is 5.95. The number of allylic oxidation sites excluding steroid dienone is 1. The van der Waals surface area contributed by atoms with Crippen molar-refractivity contribution in [3.05, 3.63) is 71.6 Å². The quantitative estimate of drug-likeness (QED) is 0.421. The number of aliphatic hydroxyl groups is 1. The number of halogens is 1. The first-order valence-corrected chi connectivity index (χ1v) is 8.25. The number of fused-ring (bicyclic) bond motifs is 1. The Morgan fingerprint density at radius 1 is 1.26 bits per heavy atom. The van der Waals surface area contributed by atoms with E-state index in [1.54, 1.807) is 42.1 Å². The summed E-state index contributed by atoms with van der Waals surface area (Å²) in [5, 5.41) is 14.7. The molecular formula is C19H19FN6O. The summed E-state index contributed by atoms with van der Waals surface area (Å²) < 4.78 is 15.7. The molecule has 0 aliphatic rings. The number of hydrogen-bond donors (Lipinski definition) is 2. The first-order valence-electron chi connectivity index (χ1n) is 8.25. The van der Waals surface area contributed by atoms with E-state index in [2.05, 4.69) is 20.1 Å². The highest BCUT2D eigenvalue weighted by atomic mass is 19.1. The number of aliphatic imine (C=N–C) groups is 2. The Hall–Kier alpha value is -3.55. The lowest BCUT2D eigenvalue weighted by Gasteiger charge is -2.04. The van der Waals surface area contributed by atoms with E-state index in [9.17, 15) is 9.50 Å². The summed E-state index contributed by atoms with van der Waals surface area (Å²) in [6, 6.07) is 10.1. The van der Waals surface area contributed by atoms with Crippen LogP contribution in [0.1, 0.15) is 25.1 Å². The molecule has 0 unspecified atom stereocenters. The summed E-state index contributed by atoms with van der Waals surface area (Å²) in [6.45, 7) is 3.33. The largest absolute Gasteiger partial charge is 0.511 e. The zero-order chi connectivity index (χ0) is 19.4. The van der Waals surface area contributed by atoms with Gasteiger partial charge in [0.05, 0.1) is 24.0 Å². The van der Waals surface area contributed by atoms with Gasteiger partial charge in [0.2, 0.25) is 0 Å². The minimum atomic E-state index is -0.317. The summed E-state index contributed by atoms with van der Waals surface area (Å²) in [5.41, 5.74) is 7.21. The Bertz CT molecular complexity index is 1060. The molecule has 1 aromatic carbocycles. The molecule has 3 aromatic rings. The highest BCUT2D eigenvalue weighted by Gasteiger charge is 2.17. The fraction of sp³-hybridized carbons (Fsp3) is 0.158. The second-order valence-electron chi connectivity index (χ2n) is 5.95. The van der Waals surface area contributed by atoms with E-state index in [4.69, 9.17) is 5.73 Å². The molecule has 8 heteroatoms. The van der Waals surface area contributed by atoms with Crippen LogP contribution >= 0.6 is 0 Å². The van der Waals surface area contributed by atoms with Crippen molar-refractivity contribution < 1.29 is 9.50 Å². The van der Waals surface area contributed by atoms with Gasteiger partial charge in [0.15, 0.2) is 11.5 Å². The fourth-order valence-corrected chi connectivity index (χ4v) is 2.54. The number of aromatic nitrogens is 3. The smallest absolute Gasteiger partial charge is 0.182 e. The van der Waals surface area contributed by atoms with Crippen LogP contribution in [-0.4, -0.2) is 31.5 Å². The van der Waals surface area contributed by atoms with Crippen LogP contribution in [0.4, 0.5) is 4.39 Å². The Balaban J connectivity index is 2.16. The minimum absolute atomic E-state index is 0.0191. The standard InChI is InChI=1S/C19H19FN6O/c1-12(27)10-23-18(24-13(2)21)17-15-7-5-9-22-19(15)26(25-17)11-14-6-3-4-8-16(14)20/h3-10,27H,11H2,1-2H3,(H2,21,23,24)/b12-10+. The molecule has 0 bridgehead atoms. The van der Waals surface area contributed by atoms with E-state index in [1.807, 2.05) is 6.07 Å². The maximum absolute atomic E-state index is 14.1. The predicted molar refractivity (Wildman–Crippen MR) is 103 cm³/mol. The molecule has 3 rings (SSSR count). The monoisotopic (exact) mass is 366 g/mol. The molecule has 7 nitrogen and oxygen atoms in total. The highest BCUT2D eigenvalue weighted by molar-refractivity contribution is 6.11. The van der Waals surface area contributed by atoms with Gasteiger partial charge in [-0.1, -0.05) is 18.2 Å². The van der Waals surface area contributed by atoms with Crippen molar-refractivity contribution in [3.63, 3.8) is 0 Å². The van der Waals surface area contributed by atoms with Crippen molar-refractivity contribution in [3.8, 4) is 0 Å². The fourth-order valence-electron chi connectivity index (χ4n) is 2.54. The number of hydrogen-bond acceptors (Lipinski definition) is 4. The van der Waals surface area contributed by atoms with Crippen LogP contribution in [0.2, 0.25) is 0 Å². The van der Waals surface area contributed by atoms with Crippen LogP contribution in [0.5, 0.6) is 0 Å². The van der Waals surface area contributed by atoms with Crippen LogP contribution in [-0.2, 0) is 6.54 Å². The van der Waals surface area contributed by atoms with Crippen LogP contribution in [0.3, 0.4) is 0 Å². The van der Waals surface area contributed by atoms with Gasteiger partial charge in [-0.25, -0.2) is 24.0 Å². The van der Waals surface area contributed by atoms with Gasteiger partial charge in [-0.3, -0.25) is 0 Å². The molecular weight excluding hydrogens is 347 g/mol. The van der Waals surface area contributed by atoms with Gasteiger partial charge < -0.3 is 10.8 Å². The zero-order valence-corrected chi connectivity index (χ0v) is 15.0. The first-order chi connectivity index (χ1) is 13.0. The maximum atomic E-state index is 14.1. The third kappa shape index (κ3) is 4.17. The number of pyridine rings is 1. The number of nitrogens with two attached hydrogens (primary N) is 1. The van der Waals surface area contributed by atoms with Crippen molar-refractivity contribution >= 4 is 22.7 Å². The van der Waals surface area contributed by atoms with Crippen molar-refractivity contribution in [2.24, 2.45) is 15.7 Å². The molecule has 0 fully saturated rings. The Kier molecular flexibility index (Phi) is 5.25. The van der Waals surface area contributed by atoms with Gasteiger partial charge in [0.25, 0.3) is 0 Å². The summed E-state index contributed by atoms with van der Waals surface area (Å²) in [5.74, 6) is 0.222. The van der Waals surface area contributed by atoms with E-state index in [0.717, 1.165) is 0 Å². The molecule has 0 radical (unpaired) electrons. The van der Waals surface area contributed by atoms with E-state index < -0.39 is 0 Å². The Morgan fingerprint density at radius 3 is 2.74 bits per heavy atom. The van der Waals surface area contributed by atoms with Gasteiger partial charge in [0, 0.05) is 11.8 Å². The number of rotatable bonds is 4. The first kappa shape index (κ1) is 18.2. The minimum Gasteiger partial charge on any atom is -0.511 e. The van der Waals surface area contributed by atoms with Gasteiger partial charge >= 0.3 is 0 Å². The molecule has 3 N–H and O–H groups in total. The maximum Gasteiger partial charge on any atom is 0.182 e. The highest BCUT2D eigenvalue weighted by Crippen LogP contribution is 2.20. The van der Waals surface area contributed by atoms with Crippen molar-refractivity contribution in [1.82, 2.24) is 14.8 Å². The third-order valence-corrected chi connectivity index (χ3v) is 3.65. The van der Waals surface area contributed by atoms with E-state index >= 15 is 0 Å². The number of aliphatic hydroxyl groups excluding tert-OH is 1. The molecule has 2 heterocycles. The van der Waals surface area contributed by atoms with E-state index in [-0.39, 0.29) is 24.0 Å². The zero-order valence-electron chi connectivity index (χ0n) is 15.0. The topological polar surface area (TPSA) is 102 Å². The summed E-state index contributed by atoms with van der Waals surface area (Å²) >= 11 is 0. The average Bonchev–Trinajstić information content (AvgIpc) is 2.99. The third-order valence-electron chi connectivity index (χ3n) is 3.65. The number of nitrogens with zero attached hydrogens (tertiary/aromatic N) is 5. The van der Waals surface area contributed by atoms with E-state index in [0.29, 0.717) is 28.1 Å². The molecule has 0 aliphatic heterocycles. The van der Waals surface area contributed by atoms with Crippen molar-refractivity contribution in [2.45, 2.75) is 20.4 Å². The molecule has 138 valence electrons. The summed E-state index contributed by atoms with van der Waals surface area (Å²) in [4.78, 5) is 12.8. The average molecular weight is 366 g/mol. The van der Waals surface area contributed by atoms with Crippen LogP contribution in [0.15, 0.2) is 64.5 Å². The molecule has 27 heavy (non-hydrogen) atoms. The SMILES string of the molecule is CC(N)=NC(=N/C=C(\C)O)c1nn(Cc2ccccc2F)c2ncccc12. The summed E-state index contributed by atoms with van der Waals surface area (Å²) in [7, 11) is 0. The van der Waals surface area contributed by atoms with Crippen LogP contribution in [0, 0.1) is 5.82 Å². The molecule has 0 spiro atoms. The summed E-state index contributed by atoms with van der Waals surface area (Å²) in [6.07, 6.45) is 2.90. The lowest BCUT2D eigenvalue weighted by Crippen LogP contribution is -2.11. The molecule has 0 saturated heterocycles. The number of amidine groups is 2. The number of benzene rings is 1. The van der Waals surface area contributed by atoms with Crippen LogP contribution < -0.4 is 5.73 Å². The second kappa shape index (κ2) is 7.77. The predicted octanol–water partition coefficient (Wildman–Crippen LogP) is 3.16. The van der Waals surface area contributed by atoms with Crippen molar-refractivity contribution in [2.75, 3.05) is 0 Å². The normalized spacial score (nSPS) is 13.4. The molecule has 0 amide bonds. The molecule has 2 aromatic heterocycles. The van der Waals surface area contributed by atoms with Gasteiger partial charge in [-0.05, 0) is 32.0 Å². The molecule has 0 saturated carbocycles. The van der Waals surface area contributed by atoms with Gasteiger partial charge in [-0.2, -0.15) is 5.10 Å². The van der Waals surface area contributed by atoms with Gasteiger partial charge in [0.1, 0.15) is 17.3 Å². The van der Waals surface area contributed by atoms with Crippen molar-refractivity contribution in [1.29, 1.82) is 0 Å². The lowest BCUT2D eigenvalue weighted by atomic mass is 10.2. The van der Waals surface area contributed by atoms with Crippen LogP contribution in [0.25, 0.3) is 11.0 Å². The molecule has 0 atom stereocenters. The Labute approximate surface area is 155 Å². The molecule has 0 aliphatic carbocycles. The Morgan fingerprint density at radius 2 is 2.04 bits per heavy atom. The van der Waals surface area contributed by atoms with Gasteiger partial charge in [-0.15, -0.1) is 0 Å². The van der Waals surface area contributed by atoms with E-state index in [1.165, 1.54) is 19.2 Å². The lowest BCUT2D eigenvalue weighted by molar-refractivity contribution is 0.412.